The number of ether oxygens (including phenoxy) is 4. The maximum Gasteiger partial charge on any atom is 0.119 e. The smallest absolute Gasteiger partial charge is 0.119 e. The lowest BCUT2D eigenvalue weighted by Gasteiger charge is -2.26. The van der Waals surface area contributed by atoms with Crippen LogP contribution < -0.4 is 28.7 Å². The SMILES string of the molecule is COc1ccc(N(c2ccc(C=Cc3ccc4cc5cc(C=Cc6ccc(N(c7ccc(OC)cc7)c7ccc(OC)cc7)cc6)ccc5cc4c3)cc2)c2ccc(OC)cc2)cc1. The van der Waals surface area contributed by atoms with Crippen LogP contribution in [0.25, 0.3) is 45.8 Å². The molecule has 6 nitrogen and oxygen atoms in total. The lowest BCUT2D eigenvalue weighted by molar-refractivity contribution is 0.414. The van der Waals surface area contributed by atoms with E-state index in [9.17, 15) is 0 Å². The fourth-order valence-electron chi connectivity index (χ4n) is 7.92. The molecule has 0 saturated heterocycles. The maximum atomic E-state index is 5.42. The number of rotatable bonds is 14. The monoisotopic (exact) mass is 836 g/mol. The topological polar surface area (TPSA) is 43.4 Å². The Kier molecular flexibility index (Phi) is 12.1. The molecule has 0 aromatic heterocycles. The number of anilines is 6. The minimum Gasteiger partial charge on any atom is -0.497 e. The predicted molar refractivity (Wildman–Crippen MR) is 268 cm³/mol. The first-order valence-electron chi connectivity index (χ1n) is 21.2. The molecular weight excluding hydrogens is 789 g/mol. The van der Waals surface area contributed by atoms with Gasteiger partial charge in [0.1, 0.15) is 23.0 Å². The molecule has 0 heterocycles. The van der Waals surface area contributed by atoms with Gasteiger partial charge in [-0.2, -0.15) is 0 Å². The highest BCUT2D eigenvalue weighted by Gasteiger charge is 2.15. The van der Waals surface area contributed by atoms with Crippen LogP contribution in [0.5, 0.6) is 23.0 Å². The normalized spacial score (nSPS) is 11.3. The molecule has 9 aromatic rings. The van der Waals surface area contributed by atoms with E-state index in [2.05, 4.69) is 180 Å². The molecule has 314 valence electrons. The average molecular weight is 837 g/mol. The first-order valence-corrected chi connectivity index (χ1v) is 21.2. The Labute approximate surface area is 375 Å². The molecule has 0 amide bonds. The summed E-state index contributed by atoms with van der Waals surface area (Å²) in [4.78, 5) is 4.45. The van der Waals surface area contributed by atoms with Crippen LogP contribution in [0.2, 0.25) is 0 Å². The van der Waals surface area contributed by atoms with E-state index in [-0.39, 0.29) is 0 Å². The molecule has 0 unspecified atom stereocenters. The molecule has 0 bridgehead atoms. The summed E-state index contributed by atoms with van der Waals surface area (Å²) in [5, 5.41) is 4.84. The fourth-order valence-corrected chi connectivity index (χ4v) is 7.92. The lowest BCUT2D eigenvalue weighted by atomic mass is 9.99. The van der Waals surface area contributed by atoms with Crippen molar-refractivity contribution in [3.63, 3.8) is 0 Å². The van der Waals surface area contributed by atoms with Crippen molar-refractivity contribution in [2.24, 2.45) is 0 Å². The van der Waals surface area contributed by atoms with Crippen molar-refractivity contribution < 1.29 is 18.9 Å². The van der Waals surface area contributed by atoms with E-state index in [4.69, 9.17) is 18.9 Å². The van der Waals surface area contributed by atoms with Crippen LogP contribution in [0.1, 0.15) is 22.3 Å². The second kappa shape index (κ2) is 18.8. The van der Waals surface area contributed by atoms with E-state index >= 15 is 0 Å². The molecule has 6 heteroatoms. The van der Waals surface area contributed by atoms with Gasteiger partial charge in [-0.1, -0.05) is 72.8 Å². The summed E-state index contributed by atoms with van der Waals surface area (Å²) in [6, 6.07) is 67.6. The highest BCUT2D eigenvalue weighted by Crippen LogP contribution is 2.38. The zero-order valence-corrected chi connectivity index (χ0v) is 36.3. The van der Waals surface area contributed by atoms with Crippen LogP contribution in [0.4, 0.5) is 34.1 Å². The van der Waals surface area contributed by atoms with E-state index in [0.717, 1.165) is 79.4 Å². The first kappa shape index (κ1) is 41.1. The van der Waals surface area contributed by atoms with Gasteiger partial charge in [-0.25, -0.2) is 0 Å². The van der Waals surface area contributed by atoms with Crippen molar-refractivity contribution in [2.45, 2.75) is 0 Å². The molecule has 0 spiro atoms. The number of hydrogen-bond acceptors (Lipinski definition) is 6. The minimum absolute atomic E-state index is 0.818. The number of methoxy groups -OCH3 is 4. The van der Waals surface area contributed by atoms with Gasteiger partial charge < -0.3 is 28.7 Å². The molecular formula is C58H48N2O4. The summed E-state index contributed by atoms with van der Waals surface area (Å²) in [6.45, 7) is 0. The average Bonchev–Trinajstić information content (AvgIpc) is 3.36. The quantitative estimate of drug-likeness (QED) is 0.0803. The van der Waals surface area contributed by atoms with Crippen molar-refractivity contribution in [1.82, 2.24) is 0 Å². The largest absolute Gasteiger partial charge is 0.497 e. The van der Waals surface area contributed by atoms with Crippen LogP contribution >= 0.6 is 0 Å². The summed E-state index contributed by atoms with van der Waals surface area (Å²) in [5.74, 6) is 3.27. The van der Waals surface area contributed by atoms with E-state index in [1.807, 2.05) is 48.5 Å². The third-order valence-corrected chi connectivity index (χ3v) is 11.4. The van der Waals surface area contributed by atoms with Gasteiger partial charge in [0, 0.05) is 34.1 Å². The van der Waals surface area contributed by atoms with E-state index in [0.29, 0.717) is 0 Å². The van der Waals surface area contributed by atoms with Gasteiger partial charge in [0.15, 0.2) is 0 Å². The Morgan fingerprint density at radius 2 is 0.484 bits per heavy atom. The highest BCUT2D eigenvalue weighted by atomic mass is 16.5. The van der Waals surface area contributed by atoms with Crippen molar-refractivity contribution >= 4 is 80.0 Å². The van der Waals surface area contributed by atoms with Gasteiger partial charge in [-0.05, 0) is 189 Å². The molecule has 9 rings (SSSR count). The first-order chi connectivity index (χ1) is 31.5. The zero-order valence-electron chi connectivity index (χ0n) is 36.3. The van der Waals surface area contributed by atoms with Crippen molar-refractivity contribution in [2.75, 3.05) is 38.2 Å². The number of nitrogens with zero attached hydrogens (tertiary/aromatic N) is 2. The van der Waals surface area contributed by atoms with Crippen LogP contribution in [0.3, 0.4) is 0 Å². The molecule has 0 N–H and O–H groups in total. The molecule has 0 aliphatic rings. The summed E-state index contributed by atoms with van der Waals surface area (Å²) in [5.41, 5.74) is 10.8. The predicted octanol–water partition coefficient (Wildman–Crippen LogP) is 15.3. The zero-order chi connectivity index (χ0) is 43.8. The fraction of sp³-hybridized carbons (Fsp3) is 0.0690. The van der Waals surface area contributed by atoms with Gasteiger partial charge in [-0.15, -0.1) is 0 Å². The van der Waals surface area contributed by atoms with Crippen LogP contribution in [-0.4, -0.2) is 28.4 Å². The number of fused-ring (bicyclic) bond motifs is 2. The van der Waals surface area contributed by atoms with Gasteiger partial charge in [0.25, 0.3) is 0 Å². The van der Waals surface area contributed by atoms with E-state index < -0.39 is 0 Å². The molecule has 0 saturated carbocycles. The van der Waals surface area contributed by atoms with Gasteiger partial charge in [0.2, 0.25) is 0 Å². The van der Waals surface area contributed by atoms with Crippen LogP contribution in [-0.2, 0) is 0 Å². The summed E-state index contributed by atoms with van der Waals surface area (Å²) < 4.78 is 21.7. The van der Waals surface area contributed by atoms with Crippen LogP contribution in [0, 0.1) is 0 Å². The Morgan fingerprint density at radius 3 is 0.750 bits per heavy atom. The molecule has 9 aromatic carbocycles. The Hall–Kier alpha value is -8.22. The summed E-state index contributed by atoms with van der Waals surface area (Å²) in [7, 11) is 6.73. The second-order valence-electron chi connectivity index (χ2n) is 15.4. The van der Waals surface area contributed by atoms with Gasteiger partial charge >= 0.3 is 0 Å². The standard InChI is InChI=1S/C58H48N2O4/c1-61-55-29-21-51(22-30-55)59(52-23-31-56(62-2)32-24-52)49-17-11-41(12-18-49)5-7-43-9-15-45-40-48-38-44(10-16-46(48)39-47(45)37-43)8-6-42-13-19-50(20-14-42)60(53-25-33-57(63-3)34-26-53)54-27-35-58(64-4)36-28-54/h5-40H,1-4H3. The molecule has 64 heavy (non-hydrogen) atoms. The minimum atomic E-state index is 0.818. The summed E-state index contributed by atoms with van der Waals surface area (Å²) in [6.07, 6.45) is 8.70. The lowest BCUT2D eigenvalue weighted by Crippen LogP contribution is -2.09. The van der Waals surface area contributed by atoms with Crippen molar-refractivity contribution in [3.05, 3.63) is 216 Å². The summed E-state index contributed by atoms with van der Waals surface area (Å²) >= 11 is 0. The third-order valence-electron chi connectivity index (χ3n) is 11.4. The molecule has 0 atom stereocenters. The van der Waals surface area contributed by atoms with Crippen molar-refractivity contribution in [3.8, 4) is 23.0 Å². The third kappa shape index (κ3) is 9.18. The molecule has 0 aliphatic heterocycles. The number of hydrogen-bond donors (Lipinski definition) is 0. The van der Waals surface area contributed by atoms with E-state index in [1.54, 1.807) is 28.4 Å². The maximum absolute atomic E-state index is 5.42. The van der Waals surface area contributed by atoms with Gasteiger partial charge in [-0.3, -0.25) is 0 Å². The Balaban J connectivity index is 0.898. The molecule has 0 aliphatic carbocycles. The number of benzene rings is 9. The second-order valence-corrected chi connectivity index (χ2v) is 15.4. The highest BCUT2D eigenvalue weighted by molar-refractivity contribution is 6.00. The van der Waals surface area contributed by atoms with Gasteiger partial charge in [0.05, 0.1) is 28.4 Å². The molecule has 0 radical (unpaired) electrons. The van der Waals surface area contributed by atoms with E-state index in [1.165, 1.54) is 21.5 Å². The Bertz CT molecular complexity index is 2740. The molecule has 0 fully saturated rings. The van der Waals surface area contributed by atoms with Crippen molar-refractivity contribution in [1.29, 1.82) is 0 Å². The Morgan fingerprint density at radius 1 is 0.250 bits per heavy atom. The van der Waals surface area contributed by atoms with Crippen LogP contribution in [0.15, 0.2) is 194 Å².